The van der Waals surface area contributed by atoms with Gasteiger partial charge in [-0.15, -0.1) is 0 Å². The number of amides is 1. The lowest BCUT2D eigenvalue weighted by Crippen LogP contribution is -2.19. The van der Waals surface area contributed by atoms with Crippen LogP contribution in [0, 0.1) is 0 Å². The van der Waals surface area contributed by atoms with Crippen LogP contribution in [0.15, 0.2) is 41.5 Å². The van der Waals surface area contributed by atoms with Crippen LogP contribution in [0.2, 0.25) is 5.02 Å². The number of hydrogen-bond donors (Lipinski definition) is 2. The van der Waals surface area contributed by atoms with E-state index >= 15 is 0 Å². The number of nitrogens with zero attached hydrogens (tertiary/aromatic N) is 1. The zero-order valence-corrected chi connectivity index (χ0v) is 16.1. The summed E-state index contributed by atoms with van der Waals surface area (Å²) in [4.78, 5) is 11.9. The highest BCUT2D eigenvalue weighted by atomic mass is 35.5. The molecule has 6 nitrogen and oxygen atoms in total. The van der Waals surface area contributed by atoms with Crippen LogP contribution in [-0.2, 0) is 11.2 Å². The molecule has 0 spiro atoms. The second-order valence-corrected chi connectivity index (χ2v) is 6.16. The average molecular weight is 391 g/mol. The molecule has 0 saturated carbocycles. The van der Waals surface area contributed by atoms with Crippen molar-refractivity contribution >= 4 is 23.7 Å². The highest BCUT2D eigenvalue weighted by Crippen LogP contribution is 2.36. The van der Waals surface area contributed by atoms with Crippen molar-refractivity contribution < 1.29 is 19.4 Å². The van der Waals surface area contributed by atoms with Crippen LogP contribution >= 0.6 is 11.6 Å². The maximum absolute atomic E-state index is 11.9. The molecule has 0 radical (unpaired) electrons. The van der Waals surface area contributed by atoms with Gasteiger partial charge in [-0.3, -0.25) is 4.79 Å². The molecule has 27 heavy (non-hydrogen) atoms. The van der Waals surface area contributed by atoms with Gasteiger partial charge in [0.2, 0.25) is 5.91 Å². The zero-order valence-electron chi connectivity index (χ0n) is 15.4. The number of nitrogens with one attached hydrogen (secondary N) is 1. The quantitative estimate of drug-likeness (QED) is 0.502. The molecular formula is C20H23ClN2O4. The van der Waals surface area contributed by atoms with Crippen molar-refractivity contribution in [1.82, 2.24) is 5.43 Å². The minimum Gasteiger partial charge on any atom is -0.508 e. The predicted molar refractivity (Wildman–Crippen MR) is 106 cm³/mol. The van der Waals surface area contributed by atoms with Crippen molar-refractivity contribution in [3.8, 4) is 17.2 Å². The standard InChI is InChI=1S/C20H23ClN2O4/c1-3-9-27-20-17(21)10-15(11-18(20)26-4-2)13-22-23-19(25)12-14-5-7-16(24)8-6-14/h5-8,10-11,13,24H,3-4,9,12H2,1-2H3,(H,23,25)/b22-13-. The first kappa shape index (κ1) is 20.6. The van der Waals surface area contributed by atoms with E-state index in [1.165, 1.54) is 18.3 Å². The van der Waals surface area contributed by atoms with E-state index in [9.17, 15) is 9.90 Å². The third-order valence-corrected chi connectivity index (χ3v) is 3.77. The molecule has 0 saturated heterocycles. The number of carbonyl (C=O) groups is 1. The van der Waals surface area contributed by atoms with Gasteiger partial charge in [0.05, 0.1) is 30.9 Å². The molecule has 0 atom stereocenters. The average Bonchev–Trinajstić information content (AvgIpc) is 2.63. The Bertz CT molecular complexity index is 791. The second kappa shape index (κ2) is 10.4. The van der Waals surface area contributed by atoms with Crippen molar-refractivity contribution in [2.45, 2.75) is 26.7 Å². The number of phenolic OH excluding ortho intramolecular Hbond substituents is 1. The van der Waals surface area contributed by atoms with E-state index in [2.05, 4.69) is 10.5 Å². The number of aromatic hydroxyl groups is 1. The number of halogens is 1. The van der Waals surface area contributed by atoms with Crippen molar-refractivity contribution in [1.29, 1.82) is 0 Å². The first-order valence-corrected chi connectivity index (χ1v) is 9.10. The molecule has 0 aromatic heterocycles. The summed E-state index contributed by atoms with van der Waals surface area (Å²) in [5, 5.41) is 13.6. The maximum atomic E-state index is 11.9. The van der Waals surface area contributed by atoms with E-state index in [1.807, 2.05) is 13.8 Å². The molecule has 0 aliphatic carbocycles. The summed E-state index contributed by atoms with van der Waals surface area (Å²) in [6.07, 6.45) is 2.51. The minimum absolute atomic E-state index is 0.158. The topological polar surface area (TPSA) is 80.2 Å². The van der Waals surface area contributed by atoms with E-state index < -0.39 is 0 Å². The van der Waals surface area contributed by atoms with Gasteiger partial charge in [0.25, 0.3) is 0 Å². The SMILES string of the molecule is CCCOc1c(Cl)cc(/C=N\NC(=O)Cc2ccc(O)cc2)cc1OCC. The third kappa shape index (κ3) is 6.49. The second-order valence-electron chi connectivity index (χ2n) is 5.75. The number of rotatable bonds is 9. The zero-order chi connectivity index (χ0) is 19.6. The molecule has 0 fully saturated rings. The lowest BCUT2D eigenvalue weighted by molar-refractivity contribution is -0.120. The van der Waals surface area contributed by atoms with Gasteiger partial charge in [-0.25, -0.2) is 5.43 Å². The Morgan fingerprint density at radius 3 is 2.63 bits per heavy atom. The summed E-state index contributed by atoms with van der Waals surface area (Å²) < 4.78 is 11.2. The van der Waals surface area contributed by atoms with Crippen molar-refractivity contribution in [2.75, 3.05) is 13.2 Å². The molecule has 1 amide bonds. The van der Waals surface area contributed by atoms with E-state index in [-0.39, 0.29) is 18.1 Å². The summed E-state index contributed by atoms with van der Waals surface area (Å²) in [5.41, 5.74) is 3.92. The Morgan fingerprint density at radius 1 is 1.22 bits per heavy atom. The number of carbonyl (C=O) groups excluding carboxylic acids is 1. The van der Waals surface area contributed by atoms with E-state index in [0.29, 0.717) is 35.3 Å². The normalized spacial score (nSPS) is 10.8. The summed E-state index contributed by atoms with van der Waals surface area (Å²) >= 11 is 6.29. The summed E-state index contributed by atoms with van der Waals surface area (Å²) in [5.74, 6) is 0.936. The van der Waals surface area contributed by atoms with Gasteiger partial charge in [-0.05, 0) is 48.7 Å². The minimum atomic E-state index is -0.268. The van der Waals surface area contributed by atoms with Crippen LogP contribution in [0.5, 0.6) is 17.2 Å². The molecule has 2 rings (SSSR count). The Labute approximate surface area is 163 Å². The fourth-order valence-electron chi connectivity index (χ4n) is 2.29. The van der Waals surface area contributed by atoms with Gasteiger partial charge in [-0.2, -0.15) is 5.10 Å². The molecule has 2 aromatic rings. The Morgan fingerprint density at radius 2 is 1.96 bits per heavy atom. The van der Waals surface area contributed by atoms with Gasteiger partial charge in [-0.1, -0.05) is 30.7 Å². The largest absolute Gasteiger partial charge is 0.508 e. The van der Waals surface area contributed by atoms with Gasteiger partial charge in [0, 0.05) is 0 Å². The molecule has 2 aromatic carbocycles. The van der Waals surface area contributed by atoms with Crippen LogP contribution in [0.4, 0.5) is 0 Å². The number of ether oxygens (including phenoxy) is 2. The van der Waals surface area contributed by atoms with Gasteiger partial charge in [0.1, 0.15) is 5.75 Å². The number of benzene rings is 2. The van der Waals surface area contributed by atoms with Crippen LogP contribution in [-0.4, -0.2) is 30.4 Å². The lowest BCUT2D eigenvalue weighted by Gasteiger charge is -2.13. The summed E-state index contributed by atoms with van der Waals surface area (Å²) in [6, 6.07) is 9.89. The molecule has 2 N–H and O–H groups in total. The van der Waals surface area contributed by atoms with E-state index in [4.69, 9.17) is 21.1 Å². The van der Waals surface area contributed by atoms with Gasteiger partial charge < -0.3 is 14.6 Å². The van der Waals surface area contributed by atoms with Crippen molar-refractivity contribution in [2.24, 2.45) is 5.10 Å². The van der Waals surface area contributed by atoms with Crippen molar-refractivity contribution in [3.05, 3.63) is 52.5 Å². The monoisotopic (exact) mass is 390 g/mol. The van der Waals surface area contributed by atoms with Crippen LogP contribution in [0.25, 0.3) is 0 Å². The smallest absolute Gasteiger partial charge is 0.244 e. The maximum Gasteiger partial charge on any atom is 0.244 e. The highest BCUT2D eigenvalue weighted by Gasteiger charge is 2.12. The van der Waals surface area contributed by atoms with Gasteiger partial charge in [0.15, 0.2) is 11.5 Å². The molecule has 0 aliphatic rings. The molecule has 0 heterocycles. The molecule has 0 unspecified atom stereocenters. The fourth-order valence-corrected chi connectivity index (χ4v) is 2.56. The Balaban J connectivity index is 2.02. The molecule has 7 heteroatoms. The number of hydrazone groups is 1. The molecular weight excluding hydrogens is 368 g/mol. The number of hydrogen-bond acceptors (Lipinski definition) is 5. The van der Waals surface area contributed by atoms with E-state index in [1.54, 1.807) is 24.3 Å². The number of phenols is 1. The van der Waals surface area contributed by atoms with Gasteiger partial charge >= 0.3 is 0 Å². The highest BCUT2D eigenvalue weighted by molar-refractivity contribution is 6.32. The Kier molecular flexibility index (Phi) is 7.95. The molecule has 0 bridgehead atoms. The summed E-state index contributed by atoms with van der Waals surface area (Å²) in [6.45, 7) is 4.90. The first-order chi connectivity index (χ1) is 13.0. The first-order valence-electron chi connectivity index (χ1n) is 8.72. The predicted octanol–water partition coefficient (Wildman–Crippen LogP) is 3.93. The molecule has 144 valence electrons. The van der Waals surface area contributed by atoms with E-state index in [0.717, 1.165) is 12.0 Å². The Hall–Kier alpha value is -2.73. The lowest BCUT2D eigenvalue weighted by atomic mass is 10.1. The fraction of sp³-hybridized carbons (Fsp3) is 0.300. The van der Waals surface area contributed by atoms with Crippen LogP contribution in [0.3, 0.4) is 0 Å². The van der Waals surface area contributed by atoms with Crippen LogP contribution in [0.1, 0.15) is 31.4 Å². The third-order valence-electron chi connectivity index (χ3n) is 3.49. The molecule has 0 aliphatic heterocycles. The van der Waals surface area contributed by atoms with Crippen LogP contribution < -0.4 is 14.9 Å². The summed E-state index contributed by atoms with van der Waals surface area (Å²) in [7, 11) is 0. The van der Waals surface area contributed by atoms with Crippen molar-refractivity contribution in [3.63, 3.8) is 0 Å².